The Kier molecular flexibility index (Phi) is 3.49. The SMILES string of the molecule is O=C(COc1ccc2ccccc2c1)NC(C1CC1)C1CC1. The molecule has 2 aliphatic carbocycles. The number of amides is 1. The average molecular weight is 295 g/mol. The van der Waals surface area contributed by atoms with E-state index in [1.54, 1.807) is 0 Å². The number of benzene rings is 2. The van der Waals surface area contributed by atoms with Crippen molar-refractivity contribution in [2.24, 2.45) is 11.8 Å². The van der Waals surface area contributed by atoms with Gasteiger partial charge in [-0.2, -0.15) is 0 Å². The van der Waals surface area contributed by atoms with Crippen LogP contribution >= 0.6 is 0 Å². The van der Waals surface area contributed by atoms with E-state index >= 15 is 0 Å². The molecule has 114 valence electrons. The summed E-state index contributed by atoms with van der Waals surface area (Å²) in [7, 11) is 0. The van der Waals surface area contributed by atoms with Crippen molar-refractivity contribution in [1.29, 1.82) is 0 Å². The van der Waals surface area contributed by atoms with Gasteiger partial charge in [-0.15, -0.1) is 0 Å². The lowest BCUT2D eigenvalue weighted by atomic mass is 10.1. The molecule has 0 aromatic heterocycles. The fourth-order valence-corrected chi connectivity index (χ4v) is 3.16. The lowest BCUT2D eigenvalue weighted by Gasteiger charge is -2.17. The number of hydrogen-bond acceptors (Lipinski definition) is 2. The zero-order valence-corrected chi connectivity index (χ0v) is 12.6. The highest BCUT2D eigenvalue weighted by Crippen LogP contribution is 2.44. The molecule has 2 aliphatic rings. The first kappa shape index (κ1) is 13.6. The second kappa shape index (κ2) is 5.64. The standard InChI is InChI=1S/C19H21NO2/c21-18(20-19(14-5-6-14)15-7-8-15)12-22-17-10-9-13-3-1-2-4-16(13)11-17/h1-4,9-11,14-15,19H,5-8,12H2,(H,20,21). The summed E-state index contributed by atoms with van der Waals surface area (Å²) >= 11 is 0. The number of carbonyl (C=O) groups excluding carboxylic acids is 1. The van der Waals surface area contributed by atoms with Crippen molar-refractivity contribution < 1.29 is 9.53 Å². The normalized spacial score (nSPS) is 17.7. The number of ether oxygens (including phenoxy) is 1. The van der Waals surface area contributed by atoms with Gasteiger partial charge in [-0.05, 0) is 60.4 Å². The largest absolute Gasteiger partial charge is 0.484 e. The van der Waals surface area contributed by atoms with Crippen LogP contribution in [0.3, 0.4) is 0 Å². The Morgan fingerprint density at radius 2 is 1.73 bits per heavy atom. The first-order valence-electron chi connectivity index (χ1n) is 8.20. The first-order chi connectivity index (χ1) is 10.8. The summed E-state index contributed by atoms with van der Waals surface area (Å²) in [6.45, 7) is 0.105. The van der Waals surface area contributed by atoms with E-state index < -0.39 is 0 Å². The van der Waals surface area contributed by atoms with Crippen molar-refractivity contribution in [2.75, 3.05) is 6.61 Å². The lowest BCUT2D eigenvalue weighted by molar-refractivity contribution is -0.124. The molecule has 1 amide bonds. The maximum absolute atomic E-state index is 12.1. The van der Waals surface area contributed by atoms with E-state index in [0.29, 0.717) is 6.04 Å². The molecule has 2 fully saturated rings. The van der Waals surface area contributed by atoms with E-state index in [-0.39, 0.29) is 12.5 Å². The van der Waals surface area contributed by atoms with Crippen molar-refractivity contribution in [1.82, 2.24) is 5.32 Å². The lowest BCUT2D eigenvalue weighted by Crippen LogP contribution is -2.40. The molecule has 0 radical (unpaired) electrons. The summed E-state index contributed by atoms with van der Waals surface area (Å²) < 4.78 is 5.67. The summed E-state index contributed by atoms with van der Waals surface area (Å²) in [5.74, 6) is 2.20. The van der Waals surface area contributed by atoms with Gasteiger partial charge in [0.15, 0.2) is 6.61 Å². The number of nitrogens with one attached hydrogen (secondary N) is 1. The monoisotopic (exact) mass is 295 g/mol. The van der Waals surface area contributed by atoms with Crippen LogP contribution in [0.1, 0.15) is 25.7 Å². The van der Waals surface area contributed by atoms with Gasteiger partial charge in [-0.3, -0.25) is 4.79 Å². The fourth-order valence-electron chi connectivity index (χ4n) is 3.16. The van der Waals surface area contributed by atoms with E-state index in [1.165, 1.54) is 31.1 Å². The van der Waals surface area contributed by atoms with Crippen molar-refractivity contribution in [3.8, 4) is 5.75 Å². The minimum absolute atomic E-state index is 0.0111. The zero-order chi connectivity index (χ0) is 14.9. The Labute approximate surface area is 130 Å². The summed E-state index contributed by atoms with van der Waals surface area (Å²) in [6.07, 6.45) is 5.08. The maximum atomic E-state index is 12.1. The number of rotatable bonds is 6. The van der Waals surface area contributed by atoms with E-state index in [9.17, 15) is 4.79 Å². The molecular formula is C19H21NO2. The van der Waals surface area contributed by atoms with Crippen molar-refractivity contribution in [2.45, 2.75) is 31.7 Å². The quantitative estimate of drug-likeness (QED) is 0.885. The van der Waals surface area contributed by atoms with Crippen LogP contribution in [-0.2, 0) is 4.79 Å². The summed E-state index contributed by atoms with van der Waals surface area (Å²) in [5, 5.41) is 5.50. The van der Waals surface area contributed by atoms with Crippen LogP contribution in [0.5, 0.6) is 5.75 Å². The van der Waals surface area contributed by atoms with Gasteiger partial charge < -0.3 is 10.1 Å². The van der Waals surface area contributed by atoms with Crippen molar-refractivity contribution >= 4 is 16.7 Å². The molecule has 3 nitrogen and oxygen atoms in total. The van der Waals surface area contributed by atoms with E-state index in [2.05, 4.69) is 17.4 Å². The molecule has 4 rings (SSSR count). The van der Waals surface area contributed by atoms with Crippen LogP contribution < -0.4 is 10.1 Å². The molecule has 0 aliphatic heterocycles. The maximum Gasteiger partial charge on any atom is 0.258 e. The molecule has 0 unspecified atom stereocenters. The highest BCUT2D eigenvalue weighted by atomic mass is 16.5. The molecule has 2 aromatic carbocycles. The highest BCUT2D eigenvalue weighted by Gasteiger charge is 2.42. The summed E-state index contributed by atoms with van der Waals surface area (Å²) in [4.78, 5) is 12.1. The molecule has 2 aromatic rings. The van der Waals surface area contributed by atoms with Crippen LogP contribution in [-0.4, -0.2) is 18.6 Å². The van der Waals surface area contributed by atoms with Crippen LogP contribution in [0.4, 0.5) is 0 Å². The minimum atomic E-state index is 0.0111. The van der Waals surface area contributed by atoms with Crippen molar-refractivity contribution in [3.63, 3.8) is 0 Å². The average Bonchev–Trinajstić information content (AvgIpc) is 3.43. The molecule has 22 heavy (non-hydrogen) atoms. The molecule has 0 atom stereocenters. The number of hydrogen-bond donors (Lipinski definition) is 1. The third-order valence-electron chi connectivity index (χ3n) is 4.68. The molecule has 2 saturated carbocycles. The Hall–Kier alpha value is -2.03. The fraction of sp³-hybridized carbons (Fsp3) is 0.421. The van der Waals surface area contributed by atoms with Gasteiger partial charge in [0.05, 0.1) is 0 Å². The molecule has 0 bridgehead atoms. The number of carbonyl (C=O) groups is 1. The molecule has 1 N–H and O–H groups in total. The van der Waals surface area contributed by atoms with E-state index in [0.717, 1.165) is 23.0 Å². The third kappa shape index (κ3) is 3.08. The summed E-state index contributed by atoms with van der Waals surface area (Å²) in [5.41, 5.74) is 0. The van der Waals surface area contributed by atoms with Gasteiger partial charge in [0, 0.05) is 6.04 Å². The van der Waals surface area contributed by atoms with E-state index in [4.69, 9.17) is 4.74 Å². The van der Waals surface area contributed by atoms with Crippen LogP contribution in [0.25, 0.3) is 10.8 Å². The minimum Gasteiger partial charge on any atom is -0.484 e. The predicted octanol–water partition coefficient (Wildman–Crippen LogP) is 3.52. The molecular weight excluding hydrogens is 274 g/mol. The van der Waals surface area contributed by atoms with Crippen LogP contribution in [0.15, 0.2) is 42.5 Å². The molecule has 0 heterocycles. The van der Waals surface area contributed by atoms with Gasteiger partial charge in [0.2, 0.25) is 0 Å². The second-order valence-corrected chi connectivity index (χ2v) is 6.57. The third-order valence-corrected chi connectivity index (χ3v) is 4.68. The first-order valence-corrected chi connectivity index (χ1v) is 8.20. The molecule has 3 heteroatoms. The van der Waals surface area contributed by atoms with E-state index in [1.807, 2.05) is 30.3 Å². The second-order valence-electron chi connectivity index (χ2n) is 6.57. The molecule has 0 saturated heterocycles. The summed E-state index contributed by atoms with van der Waals surface area (Å²) in [6, 6.07) is 14.5. The van der Waals surface area contributed by atoms with Gasteiger partial charge in [0.25, 0.3) is 5.91 Å². The topological polar surface area (TPSA) is 38.3 Å². The zero-order valence-electron chi connectivity index (χ0n) is 12.6. The van der Waals surface area contributed by atoms with Gasteiger partial charge in [-0.1, -0.05) is 30.3 Å². The Morgan fingerprint density at radius 3 is 2.41 bits per heavy atom. The van der Waals surface area contributed by atoms with Crippen LogP contribution in [0.2, 0.25) is 0 Å². The smallest absolute Gasteiger partial charge is 0.258 e. The van der Waals surface area contributed by atoms with Crippen molar-refractivity contribution in [3.05, 3.63) is 42.5 Å². The van der Waals surface area contributed by atoms with Gasteiger partial charge >= 0.3 is 0 Å². The predicted molar refractivity (Wildman–Crippen MR) is 86.8 cm³/mol. The number of fused-ring (bicyclic) bond motifs is 1. The Balaban J connectivity index is 1.35. The van der Waals surface area contributed by atoms with Gasteiger partial charge in [0.1, 0.15) is 5.75 Å². The van der Waals surface area contributed by atoms with Gasteiger partial charge in [-0.25, -0.2) is 0 Å². The van der Waals surface area contributed by atoms with Crippen LogP contribution in [0, 0.1) is 11.8 Å². The molecule has 0 spiro atoms. The highest BCUT2D eigenvalue weighted by molar-refractivity contribution is 5.84. The Morgan fingerprint density at radius 1 is 1.05 bits per heavy atom. The Bertz CT molecular complexity index is 677.